The molecule has 0 atom stereocenters. The van der Waals surface area contributed by atoms with Crippen molar-refractivity contribution in [3.8, 4) is 11.4 Å². The van der Waals surface area contributed by atoms with Gasteiger partial charge in [0.15, 0.2) is 0 Å². The van der Waals surface area contributed by atoms with E-state index in [1.807, 2.05) is 30.5 Å². The van der Waals surface area contributed by atoms with Crippen LogP contribution in [0.15, 0.2) is 88.9 Å². The number of benzene rings is 3. The lowest BCUT2D eigenvalue weighted by Gasteiger charge is -2.24. The fourth-order valence-electron chi connectivity index (χ4n) is 4.09. The fraction of sp³-hybridized carbons (Fsp3) is 0.143. The maximum atomic E-state index is 13.5. The molecule has 11 heteroatoms. The molecule has 3 aromatic carbocycles. The van der Waals surface area contributed by atoms with Gasteiger partial charge in [0.25, 0.3) is 15.9 Å². The average molecular weight is 586 g/mol. The predicted molar refractivity (Wildman–Crippen MR) is 155 cm³/mol. The third-order valence-corrected chi connectivity index (χ3v) is 8.30. The summed E-state index contributed by atoms with van der Waals surface area (Å²) in [7, 11) is -2.58. The standard InChI is InChI=1S/C28H26Cl2N4O4S/c1-19-14-21(20(2)34(19)27-13-12-22(29)15-26(27)30)17-31-32-28(35)18-33(23-8-7-9-24(16-23)38-3)39(36,37)25-10-5-4-6-11-25/h4-17H,18H2,1-3H3,(H,32,35)/b31-17-. The molecule has 0 aliphatic heterocycles. The maximum Gasteiger partial charge on any atom is 0.264 e. The monoisotopic (exact) mass is 584 g/mol. The minimum Gasteiger partial charge on any atom is -0.497 e. The number of halogens is 2. The minimum absolute atomic E-state index is 0.0532. The molecule has 4 aromatic rings. The van der Waals surface area contributed by atoms with Crippen LogP contribution in [0.25, 0.3) is 5.69 Å². The Bertz CT molecular complexity index is 1640. The van der Waals surface area contributed by atoms with Crippen molar-refractivity contribution < 1.29 is 17.9 Å². The molecule has 0 fully saturated rings. The second-order valence-corrected chi connectivity index (χ2v) is 11.3. The summed E-state index contributed by atoms with van der Waals surface area (Å²) in [6, 6.07) is 21.5. The first-order chi connectivity index (χ1) is 18.6. The zero-order valence-electron chi connectivity index (χ0n) is 21.4. The molecule has 8 nitrogen and oxygen atoms in total. The van der Waals surface area contributed by atoms with Gasteiger partial charge >= 0.3 is 0 Å². The summed E-state index contributed by atoms with van der Waals surface area (Å²) in [5, 5.41) is 5.12. The molecule has 1 aromatic heterocycles. The molecule has 0 bridgehead atoms. The Morgan fingerprint density at radius 2 is 1.77 bits per heavy atom. The highest BCUT2D eigenvalue weighted by atomic mass is 35.5. The number of carbonyl (C=O) groups is 1. The summed E-state index contributed by atoms with van der Waals surface area (Å²) >= 11 is 12.4. The normalized spacial score (nSPS) is 11.5. The van der Waals surface area contributed by atoms with Crippen LogP contribution in [0.2, 0.25) is 10.0 Å². The third-order valence-electron chi connectivity index (χ3n) is 5.97. The van der Waals surface area contributed by atoms with Crippen molar-refractivity contribution in [3.05, 3.63) is 106 Å². The highest BCUT2D eigenvalue weighted by Crippen LogP contribution is 2.29. The van der Waals surface area contributed by atoms with E-state index < -0.39 is 22.5 Å². The van der Waals surface area contributed by atoms with Crippen LogP contribution in [0.5, 0.6) is 5.75 Å². The molecule has 0 unspecified atom stereocenters. The number of hydrazone groups is 1. The van der Waals surface area contributed by atoms with E-state index in [2.05, 4.69) is 10.5 Å². The number of aromatic nitrogens is 1. The number of hydrogen-bond acceptors (Lipinski definition) is 5. The Kier molecular flexibility index (Phi) is 8.64. The van der Waals surface area contributed by atoms with Crippen LogP contribution in [0, 0.1) is 13.8 Å². The Balaban J connectivity index is 1.57. The lowest BCUT2D eigenvalue weighted by Crippen LogP contribution is -2.39. The summed E-state index contributed by atoms with van der Waals surface area (Å²) in [5.74, 6) is -0.168. The summed E-state index contributed by atoms with van der Waals surface area (Å²) in [6.45, 7) is 3.33. The number of nitrogens with one attached hydrogen (secondary N) is 1. The first kappa shape index (κ1) is 28.2. The first-order valence-electron chi connectivity index (χ1n) is 11.8. The second-order valence-electron chi connectivity index (χ2n) is 8.58. The molecule has 0 aliphatic rings. The summed E-state index contributed by atoms with van der Waals surface area (Å²) < 4.78 is 35.2. The Labute approximate surface area is 237 Å². The van der Waals surface area contributed by atoms with Gasteiger partial charge in [-0.2, -0.15) is 5.10 Å². The van der Waals surface area contributed by atoms with Crippen molar-refractivity contribution in [2.45, 2.75) is 18.7 Å². The molecule has 1 heterocycles. The SMILES string of the molecule is COc1cccc(N(CC(=O)N/N=C\c2cc(C)n(-c3ccc(Cl)cc3Cl)c2C)S(=O)(=O)c2ccccc2)c1. The summed E-state index contributed by atoms with van der Waals surface area (Å²) in [5.41, 5.74) is 5.98. The van der Waals surface area contributed by atoms with Gasteiger partial charge < -0.3 is 9.30 Å². The van der Waals surface area contributed by atoms with Crippen LogP contribution < -0.4 is 14.5 Å². The average Bonchev–Trinajstić information content (AvgIpc) is 3.20. The molecule has 0 spiro atoms. The summed E-state index contributed by atoms with van der Waals surface area (Å²) in [6.07, 6.45) is 1.50. The van der Waals surface area contributed by atoms with E-state index >= 15 is 0 Å². The third kappa shape index (κ3) is 6.27. The van der Waals surface area contributed by atoms with E-state index in [9.17, 15) is 13.2 Å². The maximum absolute atomic E-state index is 13.5. The molecule has 1 N–H and O–H groups in total. The molecule has 1 amide bonds. The van der Waals surface area contributed by atoms with E-state index in [1.54, 1.807) is 54.6 Å². The van der Waals surface area contributed by atoms with Crippen LogP contribution in [0.4, 0.5) is 5.69 Å². The Morgan fingerprint density at radius 1 is 1.03 bits per heavy atom. The lowest BCUT2D eigenvalue weighted by atomic mass is 10.2. The number of aryl methyl sites for hydroxylation is 1. The van der Waals surface area contributed by atoms with Gasteiger partial charge in [0.05, 0.1) is 34.6 Å². The van der Waals surface area contributed by atoms with Gasteiger partial charge in [-0.1, -0.05) is 47.5 Å². The zero-order chi connectivity index (χ0) is 28.2. The van der Waals surface area contributed by atoms with E-state index in [0.29, 0.717) is 15.8 Å². The van der Waals surface area contributed by atoms with Gasteiger partial charge in [-0.3, -0.25) is 9.10 Å². The van der Waals surface area contributed by atoms with Crippen molar-refractivity contribution >= 4 is 51.0 Å². The number of sulfonamides is 1. The van der Waals surface area contributed by atoms with Gasteiger partial charge in [-0.25, -0.2) is 13.8 Å². The number of methoxy groups -OCH3 is 1. The van der Waals surface area contributed by atoms with Crippen molar-refractivity contribution in [1.29, 1.82) is 0 Å². The number of hydrogen-bond donors (Lipinski definition) is 1. The smallest absolute Gasteiger partial charge is 0.264 e. The minimum atomic E-state index is -4.06. The molecule has 4 rings (SSSR count). The largest absolute Gasteiger partial charge is 0.497 e. The number of anilines is 1. The Morgan fingerprint density at radius 3 is 2.46 bits per heavy atom. The van der Waals surface area contributed by atoms with E-state index in [0.717, 1.165) is 26.9 Å². The second kappa shape index (κ2) is 11.9. The number of ether oxygens (including phenoxy) is 1. The van der Waals surface area contributed by atoms with Crippen molar-refractivity contribution in [1.82, 2.24) is 9.99 Å². The molecule has 0 saturated carbocycles. The molecule has 0 radical (unpaired) electrons. The molecule has 39 heavy (non-hydrogen) atoms. The molecule has 0 saturated heterocycles. The zero-order valence-corrected chi connectivity index (χ0v) is 23.8. The molecule has 202 valence electrons. The van der Waals surface area contributed by atoms with Gasteiger partial charge in [-0.05, 0) is 62.4 Å². The van der Waals surface area contributed by atoms with Crippen LogP contribution in [-0.4, -0.2) is 38.8 Å². The van der Waals surface area contributed by atoms with Crippen molar-refractivity contribution in [2.24, 2.45) is 5.10 Å². The van der Waals surface area contributed by atoms with Gasteiger partial charge in [0.2, 0.25) is 0 Å². The van der Waals surface area contributed by atoms with Crippen LogP contribution in [-0.2, 0) is 14.8 Å². The van der Waals surface area contributed by atoms with Crippen molar-refractivity contribution in [2.75, 3.05) is 18.0 Å². The predicted octanol–water partition coefficient (Wildman–Crippen LogP) is 5.76. The topological polar surface area (TPSA) is 93.0 Å². The first-order valence-corrected chi connectivity index (χ1v) is 14.0. The highest BCUT2D eigenvalue weighted by Gasteiger charge is 2.27. The van der Waals surface area contributed by atoms with E-state index in [-0.39, 0.29) is 10.6 Å². The quantitative estimate of drug-likeness (QED) is 0.200. The number of carbonyl (C=O) groups excluding carboxylic acids is 1. The molecular weight excluding hydrogens is 559 g/mol. The molecular formula is C28H26Cl2N4O4S. The van der Waals surface area contributed by atoms with E-state index in [1.165, 1.54) is 25.5 Å². The van der Waals surface area contributed by atoms with Crippen LogP contribution in [0.1, 0.15) is 17.0 Å². The number of nitrogens with zero attached hydrogens (tertiary/aromatic N) is 3. The lowest BCUT2D eigenvalue weighted by molar-refractivity contribution is -0.119. The van der Waals surface area contributed by atoms with Gasteiger partial charge in [-0.15, -0.1) is 0 Å². The Hall–Kier alpha value is -3.79. The highest BCUT2D eigenvalue weighted by molar-refractivity contribution is 7.92. The number of amides is 1. The van der Waals surface area contributed by atoms with Crippen LogP contribution >= 0.6 is 23.2 Å². The fourth-order valence-corrected chi connectivity index (χ4v) is 6.02. The van der Waals surface area contributed by atoms with Gasteiger partial charge in [0.1, 0.15) is 12.3 Å². The van der Waals surface area contributed by atoms with Crippen LogP contribution in [0.3, 0.4) is 0 Å². The van der Waals surface area contributed by atoms with Crippen molar-refractivity contribution in [3.63, 3.8) is 0 Å². The summed E-state index contributed by atoms with van der Waals surface area (Å²) in [4.78, 5) is 13.0. The van der Waals surface area contributed by atoms with E-state index in [4.69, 9.17) is 27.9 Å². The number of rotatable bonds is 9. The molecule has 0 aliphatic carbocycles. The van der Waals surface area contributed by atoms with Gasteiger partial charge in [0, 0.05) is 28.0 Å².